The number of pyridine rings is 1. The third kappa shape index (κ3) is 3.77. The van der Waals surface area contributed by atoms with E-state index in [1.165, 1.54) is 0 Å². The van der Waals surface area contributed by atoms with Crippen molar-refractivity contribution < 1.29 is 4.79 Å². The van der Waals surface area contributed by atoms with E-state index >= 15 is 0 Å². The molecule has 1 amide bonds. The van der Waals surface area contributed by atoms with Crippen molar-refractivity contribution in [2.24, 2.45) is 0 Å². The third-order valence-electron chi connectivity index (χ3n) is 4.24. The number of thioether (sulfide) groups is 1. The van der Waals surface area contributed by atoms with Gasteiger partial charge in [-0.15, -0.1) is 11.8 Å². The molecule has 0 radical (unpaired) electrons. The van der Waals surface area contributed by atoms with Gasteiger partial charge in [-0.3, -0.25) is 9.78 Å². The lowest BCUT2D eigenvalue weighted by atomic mass is 10.0. The van der Waals surface area contributed by atoms with Gasteiger partial charge in [0.2, 0.25) is 5.91 Å². The van der Waals surface area contributed by atoms with Crippen LogP contribution in [0.5, 0.6) is 0 Å². The second-order valence-electron chi connectivity index (χ2n) is 5.78. The van der Waals surface area contributed by atoms with Crippen LogP contribution in [0.3, 0.4) is 0 Å². The van der Waals surface area contributed by atoms with Gasteiger partial charge in [0.15, 0.2) is 0 Å². The first kappa shape index (κ1) is 17.3. The Bertz CT molecular complexity index is 747. The molecular weight excluding hydrogens is 332 g/mol. The van der Waals surface area contributed by atoms with Gasteiger partial charge in [0.05, 0.1) is 11.4 Å². The van der Waals surface area contributed by atoms with Gasteiger partial charge < -0.3 is 10.2 Å². The highest BCUT2D eigenvalue weighted by Crippen LogP contribution is 2.39. The van der Waals surface area contributed by atoms with E-state index in [1.807, 2.05) is 54.3 Å². The van der Waals surface area contributed by atoms with E-state index < -0.39 is 0 Å². The van der Waals surface area contributed by atoms with Crippen LogP contribution in [-0.2, 0) is 4.79 Å². The number of anilines is 1. The van der Waals surface area contributed by atoms with E-state index in [9.17, 15) is 10.1 Å². The number of para-hydroxylation sites is 1. The van der Waals surface area contributed by atoms with Gasteiger partial charge in [0, 0.05) is 31.2 Å². The Balaban J connectivity index is 1.74. The summed E-state index contributed by atoms with van der Waals surface area (Å²) in [7, 11) is 0. The Labute approximate surface area is 152 Å². The second-order valence-corrected chi connectivity index (χ2v) is 7.10. The summed E-state index contributed by atoms with van der Waals surface area (Å²) >= 11 is 1.56. The molecule has 0 spiro atoms. The Morgan fingerprint density at radius 1 is 1.32 bits per heavy atom. The molecule has 1 aromatic heterocycles. The maximum Gasteiger partial charge on any atom is 0.238 e. The van der Waals surface area contributed by atoms with Crippen LogP contribution in [0.2, 0.25) is 0 Å². The third-order valence-corrected chi connectivity index (χ3v) is 5.75. The normalized spacial score (nSPS) is 21.0. The smallest absolute Gasteiger partial charge is 0.238 e. The molecule has 0 saturated carbocycles. The lowest BCUT2D eigenvalue weighted by Gasteiger charge is -2.25. The van der Waals surface area contributed by atoms with Crippen molar-refractivity contribution in [2.45, 2.75) is 23.5 Å². The molecule has 2 unspecified atom stereocenters. The summed E-state index contributed by atoms with van der Waals surface area (Å²) in [6.45, 7) is 3.10. The summed E-state index contributed by atoms with van der Waals surface area (Å²) < 4.78 is 0. The molecule has 3 atom stereocenters. The zero-order valence-corrected chi connectivity index (χ0v) is 14.8. The molecule has 1 aromatic carbocycles. The number of hydrogen-bond acceptors (Lipinski definition) is 5. The minimum absolute atomic E-state index is 0.0880. The summed E-state index contributed by atoms with van der Waals surface area (Å²) in [6.07, 6.45) is 3.40. The predicted molar refractivity (Wildman–Crippen MR) is 100 cm³/mol. The van der Waals surface area contributed by atoms with Gasteiger partial charge in [-0.2, -0.15) is 5.26 Å². The van der Waals surface area contributed by atoms with Crippen LogP contribution < -0.4 is 5.32 Å². The number of nitrogens with zero attached hydrogens (tertiary/aromatic N) is 3. The number of hydrogen-bond donors (Lipinski definition) is 1. The van der Waals surface area contributed by atoms with Crippen molar-refractivity contribution in [1.29, 1.82) is 5.26 Å². The van der Waals surface area contributed by atoms with Gasteiger partial charge in [0.1, 0.15) is 11.2 Å². The standard InChI is InChI=1S/C19H20N4OS/c1-2-23-18(24)17(13-22-15-8-4-3-5-9-15)25-19(23)16(11-20)14-7-6-10-21-12-14/h3-10,12,16-17,19,22H,2,13H2,1H3/t16?,17?,19-/m0/s1. The summed E-state index contributed by atoms with van der Waals surface area (Å²) in [5, 5.41) is 12.6. The minimum atomic E-state index is -0.385. The van der Waals surface area contributed by atoms with Gasteiger partial charge in [-0.05, 0) is 30.7 Å². The van der Waals surface area contributed by atoms with Gasteiger partial charge in [0.25, 0.3) is 0 Å². The summed E-state index contributed by atoms with van der Waals surface area (Å²) in [5.74, 6) is -0.297. The first-order valence-corrected chi connectivity index (χ1v) is 9.23. The van der Waals surface area contributed by atoms with Crippen LogP contribution in [0.1, 0.15) is 18.4 Å². The monoisotopic (exact) mass is 352 g/mol. The van der Waals surface area contributed by atoms with Crippen LogP contribution in [-0.4, -0.2) is 39.5 Å². The number of carbonyl (C=O) groups excluding carboxylic acids is 1. The number of likely N-dealkylation sites (N-methyl/N-ethyl adjacent to an activating group) is 1. The number of rotatable bonds is 6. The van der Waals surface area contributed by atoms with Gasteiger partial charge in [-0.1, -0.05) is 24.3 Å². The quantitative estimate of drug-likeness (QED) is 0.865. The maximum absolute atomic E-state index is 12.8. The minimum Gasteiger partial charge on any atom is -0.383 e. The highest BCUT2D eigenvalue weighted by molar-refractivity contribution is 8.01. The summed E-state index contributed by atoms with van der Waals surface area (Å²) in [4.78, 5) is 18.7. The molecule has 1 N–H and O–H groups in total. The highest BCUT2D eigenvalue weighted by Gasteiger charge is 2.43. The molecule has 2 heterocycles. The number of aromatic nitrogens is 1. The average molecular weight is 352 g/mol. The fourth-order valence-corrected chi connectivity index (χ4v) is 4.51. The second kappa shape index (κ2) is 8.04. The fraction of sp³-hybridized carbons (Fsp3) is 0.316. The van der Waals surface area contributed by atoms with Crippen molar-refractivity contribution >= 4 is 23.4 Å². The van der Waals surface area contributed by atoms with Crippen molar-refractivity contribution in [1.82, 2.24) is 9.88 Å². The van der Waals surface area contributed by atoms with Crippen LogP contribution in [0.4, 0.5) is 5.69 Å². The Morgan fingerprint density at radius 2 is 2.12 bits per heavy atom. The van der Waals surface area contributed by atoms with Crippen LogP contribution in [0.25, 0.3) is 0 Å². The Morgan fingerprint density at radius 3 is 2.76 bits per heavy atom. The topological polar surface area (TPSA) is 69.0 Å². The SMILES string of the molecule is CCN1C(=O)C(CNc2ccccc2)S[C@H]1C(C#N)c1cccnc1. The van der Waals surface area contributed by atoms with E-state index in [-0.39, 0.29) is 22.4 Å². The van der Waals surface area contributed by atoms with Crippen LogP contribution >= 0.6 is 11.8 Å². The zero-order valence-electron chi connectivity index (χ0n) is 14.0. The van der Waals surface area contributed by atoms with Crippen LogP contribution in [0.15, 0.2) is 54.9 Å². The molecule has 0 bridgehead atoms. The van der Waals surface area contributed by atoms with Crippen molar-refractivity contribution in [2.75, 3.05) is 18.4 Å². The first-order chi connectivity index (χ1) is 12.2. The molecule has 0 aliphatic carbocycles. The lowest BCUT2D eigenvalue weighted by molar-refractivity contribution is -0.129. The molecule has 128 valence electrons. The molecule has 1 saturated heterocycles. The molecular formula is C19H20N4OS. The van der Waals surface area contributed by atoms with E-state index in [0.29, 0.717) is 13.1 Å². The van der Waals surface area contributed by atoms with Crippen LogP contribution in [0, 0.1) is 11.3 Å². The van der Waals surface area contributed by atoms with E-state index in [1.54, 1.807) is 24.2 Å². The summed E-state index contributed by atoms with van der Waals surface area (Å²) in [5.41, 5.74) is 1.84. The predicted octanol–water partition coefficient (Wildman–Crippen LogP) is 3.09. The number of nitrogens with one attached hydrogen (secondary N) is 1. The molecule has 25 heavy (non-hydrogen) atoms. The first-order valence-electron chi connectivity index (χ1n) is 8.29. The molecule has 1 aliphatic rings. The van der Waals surface area contributed by atoms with E-state index in [0.717, 1.165) is 11.3 Å². The zero-order chi connectivity index (χ0) is 17.6. The van der Waals surface area contributed by atoms with Gasteiger partial charge >= 0.3 is 0 Å². The number of amides is 1. The maximum atomic E-state index is 12.8. The van der Waals surface area contributed by atoms with Crippen molar-refractivity contribution in [3.63, 3.8) is 0 Å². The molecule has 5 nitrogen and oxygen atoms in total. The lowest BCUT2D eigenvalue weighted by Crippen LogP contribution is -2.38. The largest absolute Gasteiger partial charge is 0.383 e. The Kier molecular flexibility index (Phi) is 5.56. The molecule has 1 aliphatic heterocycles. The summed E-state index contributed by atoms with van der Waals surface area (Å²) in [6, 6.07) is 15.9. The fourth-order valence-electron chi connectivity index (χ4n) is 2.97. The van der Waals surface area contributed by atoms with Crippen molar-refractivity contribution in [3.05, 3.63) is 60.4 Å². The molecule has 6 heteroatoms. The molecule has 1 fully saturated rings. The molecule has 3 rings (SSSR count). The van der Waals surface area contributed by atoms with Gasteiger partial charge in [-0.25, -0.2) is 0 Å². The van der Waals surface area contributed by atoms with E-state index in [4.69, 9.17) is 0 Å². The number of benzene rings is 1. The number of carbonyl (C=O) groups is 1. The molecule has 2 aromatic rings. The number of nitriles is 1. The van der Waals surface area contributed by atoms with Crippen molar-refractivity contribution in [3.8, 4) is 6.07 Å². The highest BCUT2D eigenvalue weighted by atomic mass is 32.2. The van der Waals surface area contributed by atoms with E-state index in [2.05, 4.69) is 16.4 Å². The average Bonchev–Trinajstić information content (AvgIpc) is 2.98. The Hall–Kier alpha value is -2.52.